The van der Waals surface area contributed by atoms with Crippen molar-refractivity contribution >= 4 is 59.3 Å². The molecule has 0 aliphatic rings. The van der Waals surface area contributed by atoms with Crippen LogP contribution in [-0.4, -0.2) is 18.6 Å². The van der Waals surface area contributed by atoms with Gasteiger partial charge in [0, 0.05) is 20.6 Å². The van der Waals surface area contributed by atoms with Crippen LogP contribution in [0, 0.1) is 13.8 Å². The average molecular weight is 520 g/mol. The number of aromatic nitrogens is 2. The molecule has 0 radical (unpaired) electrons. The number of H-pyrrole nitrogens is 1. The Kier molecular flexibility index (Phi) is 5.48. The number of halogens is 3. The Morgan fingerprint density at radius 1 is 1.04 bits per heavy atom. The molecule has 0 amide bonds. The van der Waals surface area contributed by atoms with Gasteiger partial charge in [-0.15, -0.1) is 0 Å². The van der Waals surface area contributed by atoms with Crippen molar-refractivity contribution < 1.29 is 8.42 Å². The Balaban J connectivity index is 1.95. The Hall–Kier alpha value is -1.35. The van der Waals surface area contributed by atoms with Crippen molar-refractivity contribution in [3.8, 4) is 11.3 Å². The first kappa shape index (κ1) is 19.4. The number of aromatic amines is 1. The van der Waals surface area contributed by atoms with Gasteiger partial charge in [0.1, 0.15) is 0 Å². The lowest BCUT2D eigenvalue weighted by Crippen LogP contribution is -2.16. The van der Waals surface area contributed by atoms with Crippen molar-refractivity contribution in [1.82, 2.24) is 10.2 Å². The van der Waals surface area contributed by atoms with Crippen LogP contribution in [0.2, 0.25) is 5.02 Å². The lowest BCUT2D eigenvalue weighted by atomic mass is 10.1. The highest BCUT2D eigenvalue weighted by molar-refractivity contribution is 9.10. The molecule has 136 valence electrons. The first-order valence-corrected chi connectivity index (χ1v) is 10.9. The monoisotopic (exact) mass is 517 g/mol. The van der Waals surface area contributed by atoms with Crippen LogP contribution in [0.4, 0.5) is 5.82 Å². The summed E-state index contributed by atoms with van der Waals surface area (Å²) in [6.07, 6.45) is 0. The molecule has 3 aromatic rings. The Morgan fingerprint density at radius 3 is 2.35 bits per heavy atom. The highest BCUT2D eigenvalue weighted by atomic mass is 79.9. The van der Waals surface area contributed by atoms with Gasteiger partial charge in [0.25, 0.3) is 10.0 Å². The molecule has 0 aliphatic heterocycles. The summed E-state index contributed by atoms with van der Waals surface area (Å²) < 4.78 is 29.8. The molecule has 0 aliphatic carbocycles. The third-order valence-electron chi connectivity index (χ3n) is 3.73. The third-order valence-corrected chi connectivity index (χ3v) is 6.67. The molecule has 0 atom stereocenters. The number of hydrogen-bond donors (Lipinski definition) is 2. The molecule has 2 aromatic carbocycles. The maximum absolute atomic E-state index is 12.8. The molecule has 5 nitrogen and oxygen atoms in total. The predicted octanol–water partition coefficient (Wildman–Crippen LogP) is 5.67. The maximum atomic E-state index is 12.8. The SMILES string of the molecule is Cc1cc(Br)cc(C)c1S(=O)(=O)Nc1cc(-c2cc(Br)ccc2Cl)[nH]n1. The fourth-order valence-electron chi connectivity index (χ4n) is 2.73. The van der Waals surface area contributed by atoms with E-state index in [0.717, 1.165) is 14.5 Å². The zero-order valence-corrected chi connectivity index (χ0v) is 18.5. The van der Waals surface area contributed by atoms with Crippen LogP contribution >= 0.6 is 43.5 Å². The average Bonchev–Trinajstić information content (AvgIpc) is 2.95. The van der Waals surface area contributed by atoms with Crippen LogP contribution < -0.4 is 4.72 Å². The standard InChI is InChI=1S/C17H14Br2ClN3O2S/c1-9-5-12(19)6-10(2)17(9)26(24,25)23-16-8-15(21-22-16)13-7-11(18)3-4-14(13)20/h3-8H,1-2H3,(H2,21,22,23). The molecule has 1 heterocycles. The van der Waals surface area contributed by atoms with Gasteiger partial charge >= 0.3 is 0 Å². The van der Waals surface area contributed by atoms with Gasteiger partial charge in [-0.1, -0.05) is 43.5 Å². The molecular weight excluding hydrogens is 506 g/mol. The fraction of sp³-hybridized carbons (Fsp3) is 0.118. The van der Waals surface area contributed by atoms with Gasteiger partial charge in [-0.3, -0.25) is 9.82 Å². The normalized spacial score (nSPS) is 11.6. The van der Waals surface area contributed by atoms with E-state index in [2.05, 4.69) is 46.8 Å². The summed E-state index contributed by atoms with van der Waals surface area (Å²) in [5, 5.41) is 7.40. The number of nitrogens with zero attached hydrogens (tertiary/aromatic N) is 1. The van der Waals surface area contributed by atoms with Crippen LogP contribution in [0.25, 0.3) is 11.3 Å². The van der Waals surface area contributed by atoms with E-state index in [0.29, 0.717) is 21.8 Å². The van der Waals surface area contributed by atoms with E-state index in [1.165, 1.54) is 0 Å². The summed E-state index contributed by atoms with van der Waals surface area (Å²) >= 11 is 13.0. The molecule has 0 saturated heterocycles. The van der Waals surface area contributed by atoms with Crippen LogP contribution in [0.3, 0.4) is 0 Å². The van der Waals surface area contributed by atoms with Crippen molar-refractivity contribution in [1.29, 1.82) is 0 Å². The minimum Gasteiger partial charge on any atom is -0.276 e. The number of nitrogens with one attached hydrogen (secondary N) is 2. The Bertz CT molecular complexity index is 1070. The van der Waals surface area contributed by atoms with Gasteiger partial charge in [0.15, 0.2) is 5.82 Å². The topological polar surface area (TPSA) is 74.8 Å². The zero-order valence-electron chi connectivity index (χ0n) is 13.8. The minimum absolute atomic E-state index is 0.192. The molecule has 3 rings (SSSR count). The first-order chi connectivity index (χ1) is 12.2. The zero-order chi connectivity index (χ0) is 19.1. The van der Waals surface area contributed by atoms with E-state index in [-0.39, 0.29) is 10.7 Å². The van der Waals surface area contributed by atoms with Crippen LogP contribution in [0.1, 0.15) is 11.1 Å². The summed E-state index contributed by atoms with van der Waals surface area (Å²) in [7, 11) is -3.77. The van der Waals surface area contributed by atoms with Crippen LogP contribution in [0.15, 0.2) is 50.2 Å². The third kappa shape index (κ3) is 3.98. The van der Waals surface area contributed by atoms with E-state index in [4.69, 9.17) is 11.6 Å². The summed E-state index contributed by atoms with van der Waals surface area (Å²) in [6, 6.07) is 10.5. The summed E-state index contributed by atoms with van der Waals surface area (Å²) in [5.74, 6) is 0.192. The maximum Gasteiger partial charge on any atom is 0.263 e. The van der Waals surface area contributed by atoms with Gasteiger partial charge in [-0.2, -0.15) is 5.10 Å². The molecule has 0 fully saturated rings. The highest BCUT2D eigenvalue weighted by Crippen LogP contribution is 2.31. The summed E-state index contributed by atoms with van der Waals surface area (Å²) in [4.78, 5) is 0.241. The van der Waals surface area contributed by atoms with E-state index >= 15 is 0 Å². The molecule has 0 spiro atoms. The Morgan fingerprint density at radius 2 is 1.69 bits per heavy atom. The Labute approximate surface area is 173 Å². The number of rotatable bonds is 4. The molecule has 9 heteroatoms. The van der Waals surface area contributed by atoms with Crippen molar-refractivity contribution in [2.45, 2.75) is 18.7 Å². The van der Waals surface area contributed by atoms with Gasteiger partial charge in [0.05, 0.1) is 15.6 Å². The lowest BCUT2D eigenvalue weighted by molar-refractivity contribution is 0.599. The van der Waals surface area contributed by atoms with Crippen molar-refractivity contribution in [2.24, 2.45) is 0 Å². The van der Waals surface area contributed by atoms with Crippen molar-refractivity contribution in [3.63, 3.8) is 0 Å². The molecule has 0 unspecified atom stereocenters. The predicted molar refractivity (Wildman–Crippen MR) is 111 cm³/mol. The van der Waals surface area contributed by atoms with Gasteiger partial charge in [0.2, 0.25) is 0 Å². The fourth-order valence-corrected chi connectivity index (χ4v) is 5.44. The molecule has 26 heavy (non-hydrogen) atoms. The highest BCUT2D eigenvalue weighted by Gasteiger charge is 2.21. The van der Waals surface area contributed by atoms with E-state index < -0.39 is 10.0 Å². The van der Waals surface area contributed by atoms with Crippen molar-refractivity contribution in [3.05, 3.63) is 61.5 Å². The van der Waals surface area contributed by atoms with Crippen molar-refractivity contribution in [2.75, 3.05) is 4.72 Å². The van der Waals surface area contributed by atoms with Gasteiger partial charge in [-0.25, -0.2) is 8.42 Å². The lowest BCUT2D eigenvalue weighted by Gasteiger charge is -2.12. The molecular formula is C17H14Br2ClN3O2S. The van der Waals surface area contributed by atoms with Crippen LogP contribution in [-0.2, 0) is 10.0 Å². The van der Waals surface area contributed by atoms with E-state index in [1.54, 1.807) is 38.1 Å². The summed E-state index contributed by atoms with van der Waals surface area (Å²) in [6.45, 7) is 3.51. The number of hydrogen-bond acceptors (Lipinski definition) is 3. The molecule has 0 bridgehead atoms. The minimum atomic E-state index is -3.77. The number of aryl methyl sites for hydroxylation is 2. The second-order valence-electron chi connectivity index (χ2n) is 5.77. The molecule has 2 N–H and O–H groups in total. The molecule has 0 saturated carbocycles. The van der Waals surface area contributed by atoms with Gasteiger partial charge < -0.3 is 0 Å². The first-order valence-electron chi connectivity index (χ1n) is 7.48. The van der Waals surface area contributed by atoms with Gasteiger partial charge in [-0.05, 0) is 55.3 Å². The summed E-state index contributed by atoms with van der Waals surface area (Å²) in [5.41, 5.74) is 2.62. The number of anilines is 1. The molecule has 1 aromatic heterocycles. The quantitative estimate of drug-likeness (QED) is 0.466. The van der Waals surface area contributed by atoms with E-state index in [1.807, 2.05) is 12.1 Å². The van der Waals surface area contributed by atoms with E-state index in [9.17, 15) is 8.42 Å². The van der Waals surface area contributed by atoms with Crippen LogP contribution in [0.5, 0.6) is 0 Å². The second kappa shape index (κ2) is 7.34. The second-order valence-corrected chi connectivity index (χ2v) is 9.62. The number of sulfonamides is 1. The number of benzene rings is 2. The largest absolute Gasteiger partial charge is 0.276 e. The smallest absolute Gasteiger partial charge is 0.263 e.